The molecule has 0 radical (unpaired) electrons. The fourth-order valence-corrected chi connectivity index (χ4v) is 2.01. The van der Waals surface area contributed by atoms with Crippen molar-refractivity contribution < 1.29 is 0 Å². The molecule has 4 nitrogen and oxygen atoms in total. The van der Waals surface area contributed by atoms with E-state index >= 15 is 0 Å². The monoisotopic (exact) mass is 230 g/mol. The molecule has 0 amide bonds. The zero-order valence-electron chi connectivity index (χ0n) is 10.4. The van der Waals surface area contributed by atoms with Crippen molar-refractivity contribution in [2.75, 3.05) is 0 Å². The summed E-state index contributed by atoms with van der Waals surface area (Å²) in [6.07, 6.45) is 1.92. The highest BCUT2D eigenvalue weighted by molar-refractivity contribution is 5.38. The topological polar surface area (TPSA) is 55.9 Å². The summed E-state index contributed by atoms with van der Waals surface area (Å²) >= 11 is 0. The van der Waals surface area contributed by atoms with Gasteiger partial charge in [0.15, 0.2) is 0 Å². The van der Waals surface area contributed by atoms with Crippen LogP contribution >= 0.6 is 0 Å². The third-order valence-electron chi connectivity index (χ3n) is 3.15. The van der Waals surface area contributed by atoms with E-state index in [-0.39, 0.29) is 6.04 Å². The molecule has 2 rings (SSSR count). The Morgan fingerprint density at radius 2 is 2.06 bits per heavy atom. The summed E-state index contributed by atoms with van der Waals surface area (Å²) < 4.78 is 1.78. The summed E-state index contributed by atoms with van der Waals surface area (Å²) in [4.78, 5) is 0. The van der Waals surface area contributed by atoms with Gasteiger partial charge < -0.3 is 0 Å². The molecule has 0 fully saturated rings. The molecular weight excluding hydrogens is 212 g/mol. The zero-order chi connectivity index (χ0) is 12.4. The Morgan fingerprint density at radius 3 is 2.65 bits per heavy atom. The summed E-state index contributed by atoms with van der Waals surface area (Å²) in [5.41, 5.74) is 7.46. The fourth-order valence-electron chi connectivity index (χ4n) is 2.01. The summed E-state index contributed by atoms with van der Waals surface area (Å²) in [6.45, 7) is 4.21. The van der Waals surface area contributed by atoms with Gasteiger partial charge in [-0.1, -0.05) is 18.2 Å². The fraction of sp³-hybridized carbons (Fsp3) is 0.308. The van der Waals surface area contributed by atoms with Crippen LogP contribution in [-0.2, 0) is 7.05 Å². The molecule has 0 saturated carbocycles. The van der Waals surface area contributed by atoms with Crippen molar-refractivity contribution in [3.63, 3.8) is 0 Å². The van der Waals surface area contributed by atoms with Gasteiger partial charge in [0.05, 0.1) is 11.7 Å². The second-order valence-corrected chi connectivity index (χ2v) is 4.30. The minimum atomic E-state index is -0.0592. The number of hydrazine groups is 1. The summed E-state index contributed by atoms with van der Waals surface area (Å²) in [5.74, 6) is 5.67. The Balaban J connectivity index is 2.45. The van der Waals surface area contributed by atoms with Gasteiger partial charge in [-0.25, -0.2) is 5.43 Å². The molecule has 1 heterocycles. The molecule has 0 spiro atoms. The maximum atomic E-state index is 5.67. The second-order valence-electron chi connectivity index (χ2n) is 4.30. The Morgan fingerprint density at radius 1 is 1.29 bits per heavy atom. The molecule has 1 aromatic heterocycles. The molecule has 1 aromatic carbocycles. The molecule has 1 unspecified atom stereocenters. The maximum Gasteiger partial charge on any atom is 0.0902 e. The number of nitrogens with zero attached hydrogens (tertiary/aromatic N) is 2. The lowest BCUT2D eigenvalue weighted by atomic mass is 9.96. The van der Waals surface area contributed by atoms with Crippen LogP contribution in [0.1, 0.15) is 28.4 Å². The van der Waals surface area contributed by atoms with Crippen LogP contribution in [0.15, 0.2) is 30.5 Å². The third-order valence-corrected chi connectivity index (χ3v) is 3.15. The molecule has 1 atom stereocenters. The SMILES string of the molecule is Cc1cccc(C(NN)c2ccn(C)n2)c1C. The standard InChI is InChI=1S/C13H18N4/c1-9-5-4-6-11(10(9)2)13(15-14)12-7-8-17(3)16-12/h4-8,13,15H,14H2,1-3H3. The van der Waals surface area contributed by atoms with Crippen LogP contribution in [0.4, 0.5) is 0 Å². The number of aryl methyl sites for hydroxylation is 2. The average molecular weight is 230 g/mol. The summed E-state index contributed by atoms with van der Waals surface area (Å²) in [6, 6.07) is 8.15. The van der Waals surface area contributed by atoms with E-state index in [2.05, 4.69) is 36.5 Å². The van der Waals surface area contributed by atoms with E-state index < -0.39 is 0 Å². The van der Waals surface area contributed by atoms with Crippen LogP contribution in [0.5, 0.6) is 0 Å². The molecule has 0 aliphatic carbocycles. The van der Waals surface area contributed by atoms with Gasteiger partial charge in [-0.05, 0) is 36.6 Å². The largest absolute Gasteiger partial charge is 0.275 e. The quantitative estimate of drug-likeness (QED) is 0.622. The highest BCUT2D eigenvalue weighted by atomic mass is 15.3. The van der Waals surface area contributed by atoms with Crippen LogP contribution in [0, 0.1) is 13.8 Å². The molecular formula is C13H18N4. The molecule has 0 bridgehead atoms. The Bertz CT molecular complexity index is 516. The number of benzene rings is 1. The van der Waals surface area contributed by atoms with Gasteiger partial charge in [0.1, 0.15) is 0 Å². The van der Waals surface area contributed by atoms with Gasteiger partial charge >= 0.3 is 0 Å². The van der Waals surface area contributed by atoms with Gasteiger partial charge in [-0.3, -0.25) is 10.5 Å². The van der Waals surface area contributed by atoms with Gasteiger partial charge in [-0.15, -0.1) is 0 Å². The number of hydrogen-bond acceptors (Lipinski definition) is 3. The first kappa shape index (κ1) is 11.8. The lowest BCUT2D eigenvalue weighted by molar-refractivity contribution is 0.600. The molecule has 17 heavy (non-hydrogen) atoms. The van der Waals surface area contributed by atoms with Crippen molar-refractivity contribution in [1.82, 2.24) is 15.2 Å². The van der Waals surface area contributed by atoms with E-state index in [1.165, 1.54) is 16.7 Å². The van der Waals surface area contributed by atoms with Crippen LogP contribution < -0.4 is 11.3 Å². The van der Waals surface area contributed by atoms with E-state index in [4.69, 9.17) is 5.84 Å². The minimum Gasteiger partial charge on any atom is -0.275 e. The highest BCUT2D eigenvalue weighted by Gasteiger charge is 2.17. The van der Waals surface area contributed by atoms with E-state index in [9.17, 15) is 0 Å². The lowest BCUT2D eigenvalue weighted by Crippen LogP contribution is -2.30. The first-order valence-electron chi connectivity index (χ1n) is 5.65. The van der Waals surface area contributed by atoms with E-state index in [0.29, 0.717) is 0 Å². The van der Waals surface area contributed by atoms with Crippen molar-refractivity contribution in [1.29, 1.82) is 0 Å². The predicted molar refractivity (Wildman–Crippen MR) is 68.3 cm³/mol. The smallest absolute Gasteiger partial charge is 0.0902 e. The van der Waals surface area contributed by atoms with E-state index in [1.807, 2.05) is 25.4 Å². The minimum absolute atomic E-state index is 0.0592. The van der Waals surface area contributed by atoms with Gasteiger partial charge in [0.2, 0.25) is 0 Å². The Labute approximate surface area is 101 Å². The predicted octanol–water partition coefficient (Wildman–Crippen LogP) is 1.59. The highest BCUT2D eigenvalue weighted by Crippen LogP contribution is 2.24. The zero-order valence-corrected chi connectivity index (χ0v) is 10.4. The van der Waals surface area contributed by atoms with Crippen LogP contribution in [0.25, 0.3) is 0 Å². The first-order chi connectivity index (χ1) is 8.13. The third kappa shape index (κ3) is 2.23. The van der Waals surface area contributed by atoms with Gasteiger partial charge in [0.25, 0.3) is 0 Å². The first-order valence-corrected chi connectivity index (χ1v) is 5.65. The van der Waals surface area contributed by atoms with Crippen LogP contribution in [-0.4, -0.2) is 9.78 Å². The molecule has 3 N–H and O–H groups in total. The second kappa shape index (κ2) is 4.69. The molecule has 0 aliphatic heterocycles. The summed E-state index contributed by atoms with van der Waals surface area (Å²) in [7, 11) is 1.90. The van der Waals surface area contributed by atoms with Gasteiger partial charge in [-0.2, -0.15) is 5.10 Å². The number of nitrogens with one attached hydrogen (secondary N) is 1. The molecule has 4 heteroatoms. The summed E-state index contributed by atoms with van der Waals surface area (Å²) in [5, 5.41) is 4.40. The molecule has 2 aromatic rings. The lowest BCUT2D eigenvalue weighted by Gasteiger charge is -2.17. The average Bonchev–Trinajstić information content (AvgIpc) is 2.72. The maximum absolute atomic E-state index is 5.67. The van der Waals surface area contributed by atoms with E-state index in [1.54, 1.807) is 4.68 Å². The number of rotatable bonds is 3. The normalized spacial score (nSPS) is 12.7. The van der Waals surface area contributed by atoms with Gasteiger partial charge in [0, 0.05) is 13.2 Å². The Kier molecular flexibility index (Phi) is 3.26. The molecule has 0 aliphatic rings. The number of hydrogen-bond donors (Lipinski definition) is 2. The molecule has 90 valence electrons. The van der Waals surface area contributed by atoms with E-state index in [0.717, 1.165) is 5.69 Å². The van der Waals surface area contributed by atoms with Crippen LogP contribution in [0.2, 0.25) is 0 Å². The van der Waals surface area contributed by atoms with Crippen molar-refractivity contribution in [3.05, 3.63) is 52.8 Å². The van der Waals surface area contributed by atoms with Crippen LogP contribution in [0.3, 0.4) is 0 Å². The van der Waals surface area contributed by atoms with Crippen molar-refractivity contribution in [2.45, 2.75) is 19.9 Å². The Hall–Kier alpha value is -1.65. The van der Waals surface area contributed by atoms with Crippen molar-refractivity contribution in [2.24, 2.45) is 12.9 Å². The number of aromatic nitrogens is 2. The molecule has 0 saturated heterocycles. The van der Waals surface area contributed by atoms with Crippen molar-refractivity contribution >= 4 is 0 Å². The number of nitrogens with two attached hydrogens (primary N) is 1. The van der Waals surface area contributed by atoms with Crippen molar-refractivity contribution in [3.8, 4) is 0 Å².